The van der Waals surface area contributed by atoms with Gasteiger partial charge in [0.05, 0.1) is 12.2 Å². The van der Waals surface area contributed by atoms with Gasteiger partial charge in [0.25, 0.3) is 0 Å². The van der Waals surface area contributed by atoms with Gasteiger partial charge in [-0.3, -0.25) is 0 Å². The summed E-state index contributed by atoms with van der Waals surface area (Å²) in [6, 6.07) is 8.01. The fourth-order valence-corrected chi connectivity index (χ4v) is 3.56. The maximum atomic E-state index is 6.38. The van der Waals surface area contributed by atoms with Gasteiger partial charge in [0.1, 0.15) is 0 Å². The molecule has 0 amide bonds. The molecule has 0 radical (unpaired) electrons. The molecule has 1 aliphatic carbocycles. The first-order valence-corrected chi connectivity index (χ1v) is 8.71. The highest BCUT2D eigenvalue weighted by Crippen LogP contribution is 2.33. The summed E-state index contributed by atoms with van der Waals surface area (Å²) < 4.78 is 6.38. The molecule has 3 heteroatoms. The lowest BCUT2D eigenvalue weighted by Crippen LogP contribution is -2.29. The average Bonchev–Trinajstić information content (AvgIpc) is 2.46. The molecule has 3 atom stereocenters. The summed E-state index contributed by atoms with van der Waals surface area (Å²) in [7, 11) is 0. The van der Waals surface area contributed by atoms with E-state index in [1.54, 1.807) is 0 Å². The lowest BCUT2D eigenvalue weighted by molar-refractivity contribution is -0.0524. The molecule has 0 aromatic heterocycles. The van der Waals surface area contributed by atoms with Crippen molar-refractivity contribution < 1.29 is 4.74 Å². The van der Waals surface area contributed by atoms with Crippen molar-refractivity contribution in [1.82, 2.24) is 0 Å². The molecular formula is C16H22BrClO. The molecule has 0 spiro atoms. The summed E-state index contributed by atoms with van der Waals surface area (Å²) in [6.45, 7) is 2.28. The third-order valence-electron chi connectivity index (χ3n) is 4.08. The molecule has 0 aliphatic heterocycles. The normalized spacial score (nSPS) is 25.2. The van der Waals surface area contributed by atoms with Crippen LogP contribution in [0.4, 0.5) is 0 Å². The van der Waals surface area contributed by atoms with Gasteiger partial charge in [-0.25, -0.2) is 0 Å². The zero-order valence-electron chi connectivity index (χ0n) is 11.4. The third kappa shape index (κ3) is 4.21. The van der Waals surface area contributed by atoms with Crippen LogP contribution in [0.2, 0.25) is 5.02 Å². The Balaban J connectivity index is 2.03. The van der Waals surface area contributed by atoms with Crippen LogP contribution < -0.4 is 0 Å². The second-order valence-electron chi connectivity index (χ2n) is 5.32. The molecule has 3 unspecified atom stereocenters. The van der Waals surface area contributed by atoms with Gasteiger partial charge in [0, 0.05) is 10.4 Å². The quantitative estimate of drug-likeness (QED) is 0.616. The lowest BCUT2D eigenvalue weighted by atomic mass is 9.84. The number of alkyl halides is 1. The van der Waals surface area contributed by atoms with Crippen molar-refractivity contribution in [2.75, 3.05) is 5.33 Å². The van der Waals surface area contributed by atoms with Gasteiger partial charge in [-0.1, -0.05) is 65.8 Å². The van der Waals surface area contributed by atoms with E-state index in [2.05, 4.69) is 35.0 Å². The Bertz CT molecular complexity index is 379. The zero-order chi connectivity index (χ0) is 13.7. The van der Waals surface area contributed by atoms with E-state index in [4.69, 9.17) is 16.3 Å². The highest BCUT2D eigenvalue weighted by Gasteiger charge is 2.27. The Morgan fingerprint density at radius 2 is 1.95 bits per heavy atom. The molecule has 0 heterocycles. The predicted molar refractivity (Wildman–Crippen MR) is 85.1 cm³/mol. The Hall–Kier alpha value is -0.0500. The maximum Gasteiger partial charge on any atom is 0.0925 e. The minimum atomic E-state index is 0.134. The van der Waals surface area contributed by atoms with Crippen molar-refractivity contribution >= 4 is 27.5 Å². The summed E-state index contributed by atoms with van der Waals surface area (Å²) in [6.07, 6.45) is 6.95. The van der Waals surface area contributed by atoms with Crippen LogP contribution in [0.1, 0.15) is 50.7 Å². The van der Waals surface area contributed by atoms with Crippen molar-refractivity contribution in [3.05, 3.63) is 34.9 Å². The average molecular weight is 346 g/mol. The smallest absolute Gasteiger partial charge is 0.0925 e. The molecule has 1 aromatic carbocycles. The largest absolute Gasteiger partial charge is 0.369 e. The minimum absolute atomic E-state index is 0.134. The Morgan fingerprint density at radius 3 is 2.58 bits per heavy atom. The van der Waals surface area contributed by atoms with Gasteiger partial charge < -0.3 is 4.74 Å². The molecule has 0 saturated heterocycles. The third-order valence-corrected chi connectivity index (χ3v) is 4.92. The van der Waals surface area contributed by atoms with E-state index in [1.807, 2.05) is 12.1 Å². The van der Waals surface area contributed by atoms with Crippen LogP contribution >= 0.6 is 27.5 Å². The van der Waals surface area contributed by atoms with Crippen molar-refractivity contribution in [1.29, 1.82) is 0 Å². The van der Waals surface area contributed by atoms with Crippen LogP contribution in [0.5, 0.6) is 0 Å². The van der Waals surface area contributed by atoms with Crippen LogP contribution in [-0.2, 0) is 4.74 Å². The topological polar surface area (TPSA) is 9.23 Å². The second-order valence-corrected chi connectivity index (χ2v) is 6.41. The van der Waals surface area contributed by atoms with Crippen LogP contribution in [0.3, 0.4) is 0 Å². The van der Waals surface area contributed by atoms with E-state index < -0.39 is 0 Å². The molecular weight excluding hydrogens is 324 g/mol. The molecule has 1 aromatic rings. The SMILES string of the molecule is CCC1CCCCC1OC(CBr)c1ccc(Cl)cc1. The number of ether oxygens (including phenoxy) is 1. The maximum absolute atomic E-state index is 6.38. The fourth-order valence-electron chi connectivity index (χ4n) is 2.91. The molecule has 1 fully saturated rings. The van der Waals surface area contributed by atoms with Gasteiger partial charge in [-0.15, -0.1) is 0 Å². The number of rotatable bonds is 5. The standard InChI is InChI=1S/C16H22BrClO/c1-2-12-5-3-4-6-15(12)19-16(11-17)13-7-9-14(18)10-8-13/h7-10,12,15-16H,2-6,11H2,1H3. The lowest BCUT2D eigenvalue weighted by Gasteiger charge is -2.33. The molecule has 0 N–H and O–H groups in total. The van der Waals surface area contributed by atoms with Gasteiger partial charge in [-0.2, -0.15) is 0 Å². The van der Waals surface area contributed by atoms with Crippen LogP contribution in [0, 0.1) is 5.92 Å². The van der Waals surface area contributed by atoms with Gasteiger partial charge in [0.2, 0.25) is 0 Å². The van der Waals surface area contributed by atoms with Gasteiger partial charge >= 0.3 is 0 Å². The first kappa shape index (κ1) is 15.3. The van der Waals surface area contributed by atoms with Crippen LogP contribution in [0.15, 0.2) is 24.3 Å². The summed E-state index contributed by atoms with van der Waals surface area (Å²) in [5, 5.41) is 1.61. The van der Waals surface area contributed by atoms with E-state index in [9.17, 15) is 0 Å². The van der Waals surface area contributed by atoms with E-state index in [0.29, 0.717) is 6.10 Å². The summed E-state index contributed by atoms with van der Waals surface area (Å²) in [4.78, 5) is 0. The number of hydrogen-bond donors (Lipinski definition) is 0. The zero-order valence-corrected chi connectivity index (χ0v) is 13.8. The first-order valence-electron chi connectivity index (χ1n) is 7.21. The highest BCUT2D eigenvalue weighted by molar-refractivity contribution is 9.09. The second kappa shape index (κ2) is 7.66. The van der Waals surface area contributed by atoms with E-state index in [-0.39, 0.29) is 6.10 Å². The summed E-state index contributed by atoms with van der Waals surface area (Å²) in [5.74, 6) is 0.725. The van der Waals surface area contributed by atoms with Crippen molar-refractivity contribution in [2.45, 2.75) is 51.2 Å². The summed E-state index contributed by atoms with van der Waals surface area (Å²) in [5.41, 5.74) is 1.21. The molecule has 1 saturated carbocycles. The van der Waals surface area contributed by atoms with Gasteiger partial charge in [-0.05, 0) is 36.5 Å². The van der Waals surface area contributed by atoms with Crippen molar-refractivity contribution in [3.8, 4) is 0 Å². The van der Waals surface area contributed by atoms with Crippen molar-refractivity contribution in [3.63, 3.8) is 0 Å². The number of halogens is 2. The fraction of sp³-hybridized carbons (Fsp3) is 0.625. The van der Waals surface area contributed by atoms with E-state index in [1.165, 1.54) is 37.7 Å². The van der Waals surface area contributed by atoms with E-state index in [0.717, 1.165) is 16.3 Å². The summed E-state index contributed by atoms with van der Waals surface area (Å²) >= 11 is 9.53. The number of hydrogen-bond acceptors (Lipinski definition) is 1. The molecule has 1 nitrogen and oxygen atoms in total. The Kier molecular flexibility index (Phi) is 6.18. The highest BCUT2D eigenvalue weighted by atomic mass is 79.9. The van der Waals surface area contributed by atoms with Crippen LogP contribution in [-0.4, -0.2) is 11.4 Å². The van der Waals surface area contributed by atoms with E-state index >= 15 is 0 Å². The predicted octanol–water partition coefficient (Wildman–Crippen LogP) is 5.76. The monoisotopic (exact) mass is 344 g/mol. The molecule has 2 rings (SSSR count). The van der Waals surface area contributed by atoms with Gasteiger partial charge in [0.15, 0.2) is 0 Å². The molecule has 0 bridgehead atoms. The Morgan fingerprint density at radius 1 is 1.26 bits per heavy atom. The molecule has 106 valence electrons. The molecule has 19 heavy (non-hydrogen) atoms. The Labute approximate surface area is 129 Å². The molecule has 1 aliphatic rings. The minimum Gasteiger partial charge on any atom is -0.369 e. The number of benzene rings is 1. The first-order chi connectivity index (χ1) is 9.24. The van der Waals surface area contributed by atoms with Crippen LogP contribution in [0.25, 0.3) is 0 Å². The van der Waals surface area contributed by atoms with Crippen molar-refractivity contribution in [2.24, 2.45) is 5.92 Å².